The van der Waals surface area contributed by atoms with E-state index in [0.717, 1.165) is 39.3 Å². The number of halogens is 2. The Bertz CT molecular complexity index is 1160. The van der Waals surface area contributed by atoms with Gasteiger partial charge in [0.1, 0.15) is 0 Å². The van der Waals surface area contributed by atoms with Gasteiger partial charge in [0.25, 0.3) is 0 Å². The molecule has 1 saturated heterocycles. The van der Waals surface area contributed by atoms with Crippen LogP contribution in [0.15, 0.2) is 66.7 Å². The third kappa shape index (κ3) is 4.99. The van der Waals surface area contributed by atoms with E-state index >= 15 is 0 Å². The van der Waals surface area contributed by atoms with Crippen LogP contribution < -0.4 is 0 Å². The number of aromatic nitrogens is 1. The van der Waals surface area contributed by atoms with Crippen molar-refractivity contribution in [1.29, 1.82) is 0 Å². The van der Waals surface area contributed by atoms with Gasteiger partial charge in [-0.3, -0.25) is 9.80 Å². The minimum atomic E-state index is -0.395. The fourth-order valence-corrected chi connectivity index (χ4v) is 5.77. The van der Waals surface area contributed by atoms with Gasteiger partial charge in [-0.15, -0.1) is 0 Å². The first-order chi connectivity index (χ1) is 15.6. The van der Waals surface area contributed by atoms with E-state index in [1.54, 1.807) is 0 Å². The van der Waals surface area contributed by atoms with Gasteiger partial charge < -0.3 is 9.67 Å². The topological polar surface area (TPSA) is 31.6 Å². The molecule has 1 aliphatic heterocycles. The Balaban J connectivity index is 1.26. The van der Waals surface area contributed by atoms with Crippen LogP contribution in [0.5, 0.6) is 0 Å². The maximum atomic E-state index is 11.0. The van der Waals surface area contributed by atoms with Crippen LogP contribution in [-0.4, -0.2) is 58.3 Å². The van der Waals surface area contributed by atoms with Crippen LogP contribution in [0.25, 0.3) is 21.8 Å². The zero-order valence-electron chi connectivity index (χ0n) is 17.9. The van der Waals surface area contributed by atoms with Crippen LogP contribution in [0.4, 0.5) is 0 Å². The van der Waals surface area contributed by atoms with Crippen LogP contribution in [0, 0.1) is 7.14 Å². The lowest BCUT2D eigenvalue weighted by Crippen LogP contribution is -2.48. The zero-order chi connectivity index (χ0) is 22.1. The zero-order valence-corrected chi connectivity index (χ0v) is 22.2. The number of benzene rings is 3. The van der Waals surface area contributed by atoms with E-state index in [4.69, 9.17) is 0 Å². The highest BCUT2D eigenvalue weighted by atomic mass is 127. The molecule has 166 valence electrons. The number of nitrogens with zero attached hydrogens (tertiary/aromatic N) is 3. The highest BCUT2D eigenvalue weighted by Crippen LogP contribution is 2.31. The summed E-state index contributed by atoms with van der Waals surface area (Å²) < 4.78 is 4.77. The lowest BCUT2D eigenvalue weighted by atomic mass is 10.2. The first kappa shape index (κ1) is 22.6. The number of hydrogen-bond acceptors (Lipinski definition) is 3. The van der Waals surface area contributed by atoms with Gasteiger partial charge in [0, 0.05) is 68.2 Å². The minimum absolute atomic E-state index is 0.395. The van der Waals surface area contributed by atoms with Crippen molar-refractivity contribution in [3.8, 4) is 0 Å². The van der Waals surface area contributed by atoms with Gasteiger partial charge in [-0.2, -0.15) is 0 Å². The summed E-state index contributed by atoms with van der Waals surface area (Å²) >= 11 is 4.76. The number of rotatable bonds is 6. The van der Waals surface area contributed by atoms with Crippen molar-refractivity contribution in [3.05, 3.63) is 79.4 Å². The smallest absolute Gasteiger partial charge is 0.0845 e. The lowest BCUT2D eigenvalue weighted by molar-refractivity contribution is 0.0634. The van der Waals surface area contributed by atoms with Gasteiger partial charge in [-0.1, -0.05) is 30.3 Å². The van der Waals surface area contributed by atoms with Gasteiger partial charge in [0.05, 0.1) is 12.6 Å². The van der Waals surface area contributed by atoms with Crippen LogP contribution >= 0.6 is 45.2 Å². The van der Waals surface area contributed by atoms with Crippen molar-refractivity contribution in [3.63, 3.8) is 0 Å². The molecule has 0 spiro atoms. The second-order valence-electron chi connectivity index (χ2n) is 8.65. The molecular formula is C26H27I2N3O. The Morgan fingerprint density at radius 2 is 1.28 bits per heavy atom. The molecule has 0 aliphatic carbocycles. The van der Waals surface area contributed by atoms with Gasteiger partial charge in [0.2, 0.25) is 0 Å². The molecule has 32 heavy (non-hydrogen) atoms. The molecule has 1 unspecified atom stereocenters. The normalized spacial score (nSPS) is 16.7. The van der Waals surface area contributed by atoms with Crippen molar-refractivity contribution < 1.29 is 5.11 Å². The van der Waals surface area contributed by atoms with E-state index in [1.165, 1.54) is 34.5 Å². The van der Waals surface area contributed by atoms with E-state index in [1.807, 2.05) is 0 Å². The number of piperazine rings is 1. The van der Waals surface area contributed by atoms with Crippen LogP contribution in [0.2, 0.25) is 0 Å². The minimum Gasteiger partial charge on any atom is -0.390 e. The summed E-state index contributed by atoms with van der Waals surface area (Å²) in [6.07, 6.45) is -0.395. The van der Waals surface area contributed by atoms with Crippen LogP contribution in [-0.2, 0) is 13.1 Å². The molecule has 2 heterocycles. The molecule has 1 fully saturated rings. The maximum Gasteiger partial charge on any atom is 0.0845 e. The van der Waals surface area contributed by atoms with Crippen molar-refractivity contribution in [2.45, 2.75) is 19.2 Å². The molecule has 0 saturated carbocycles. The molecule has 1 aliphatic rings. The van der Waals surface area contributed by atoms with Crippen LogP contribution in [0.3, 0.4) is 0 Å². The quantitative estimate of drug-likeness (QED) is 0.292. The van der Waals surface area contributed by atoms with E-state index in [-0.39, 0.29) is 0 Å². The molecule has 0 radical (unpaired) electrons. The van der Waals surface area contributed by atoms with E-state index in [9.17, 15) is 5.11 Å². The molecule has 0 amide bonds. The summed E-state index contributed by atoms with van der Waals surface area (Å²) in [5, 5.41) is 13.6. The van der Waals surface area contributed by atoms with Crippen molar-refractivity contribution in [2.24, 2.45) is 0 Å². The summed E-state index contributed by atoms with van der Waals surface area (Å²) in [6.45, 7) is 6.46. The molecule has 0 bridgehead atoms. The molecular weight excluding hydrogens is 624 g/mol. The predicted molar refractivity (Wildman–Crippen MR) is 149 cm³/mol. The van der Waals surface area contributed by atoms with E-state index in [0.29, 0.717) is 6.54 Å². The number of aliphatic hydroxyl groups excluding tert-OH is 1. The Morgan fingerprint density at radius 3 is 1.88 bits per heavy atom. The SMILES string of the molecule is OC(CN1CCN(Cc2ccccc2)CC1)Cn1c2ccc(I)cc2c2cc(I)ccc21. The van der Waals surface area contributed by atoms with E-state index in [2.05, 4.69) is 126 Å². The maximum absolute atomic E-state index is 11.0. The van der Waals surface area contributed by atoms with Crippen molar-refractivity contribution >= 4 is 67.0 Å². The third-order valence-corrected chi connectivity index (χ3v) is 7.71. The first-order valence-corrected chi connectivity index (χ1v) is 13.3. The van der Waals surface area contributed by atoms with E-state index < -0.39 is 6.10 Å². The molecule has 4 aromatic rings. The van der Waals surface area contributed by atoms with Gasteiger partial charge in [-0.25, -0.2) is 0 Å². The third-order valence-electron chi connectivity index (χ3n) is 6.37. The largest absolute Gasteiger partial charge is 0.390 e. The highest BCUT2D eigenvalue weighted by Gasteiger charge is 2.21. The summed E-state index contributed by atoms with van der Waals surface area (Å²) in [4.78, 5) is 4.92. The number of hydrogen-bond donors (Lipinski definition) is 1. The Morgan fingerprint density at radius 1 is 0.719 bits per heavy atom. The second kappa shape index (κ2) is 9.97. The summed E-state index contributed by atoms with van der Waals surface area (Å²) in [5.41, 5.74) is 3.78. The standard InChI is InChI=1S/C26H27I2N3O/c27-20-6-8-25-23(14-20)24-15-21(28)7-9-26(24)31(25)18-22(32)17-30-12-10-29(11-13-30)16-19-4-2-1-3-5-19/h1-9,14-15,22,32H,10-13,16-18H2. The monoisotopic (exact) mass is 651 g/mol. The molecule has 1 aromatic heterocycles. The van der Waals surface area contributed by atoms with Gasteiger partial charge in [0.15, 0.2) is 0 Å². The summed E-state index contributed by atoms with van der Waals surface area (Å²) in [5.74, 6) is 0. The fourth-order valence-electron chi connectivity index (χ4n) is 4.78. The Labute approximate surface area is 216 Å². The highest BCUT2D eigenvalue weighted by molar-refractivity contribution is 14.1. The molecule has 3 aromatic carbocycles. The predicted octanol–water partition coefficient (Wildman–Crippen LogP) is 5.18. The lowest BCUT2D eigenvalue weighted by Gasteiger charge is -2.35. The number of β-amino-alcohol motifs (C(OH)–C–C–N with tert-alkyl or cyclic N) is 1. The summed E-state index contributed by atoms with van der Waals surface area (Å²) in [6, 6.07) is 23.9. The molecule has 4 nitrogen and oxygen atoms in total. The van der Waals surface area contributed by atoms with Crippen molar-refractivity contribution in [2.75, 3.05) is 32.7 Å². The molecule has 5 rings (SSSR count). The van der Waals surface area contributed by atoms with Gasteiger partial charge in [-0.05, 0) is 87.1 Å². The first-order valence-electron chi connectivity index (χ1n) is 11.1. The average molecular weight is 651 g/mol. The fraction of sp³-hybridized carbons (Fsp3) is 0.308. The molecule has 1 N–H and O–H groups in total. The van der Waals surface area contributed by atoms with Crippen molar-refractivity contribution in [1.82, 2.24) is 14.4 Å². The Hall–Kier alpha value is -1.20. The number of fused-ring (bicyclic) bond motifs is 3. The molecule has 1 atom stereocenters. The second-order valence-corrected chi connectivity index (χ2v) is 11.1. The average Bonchev–Trinajstić information content (AvgIpc) is 3.08. The Kier molecular flexibility index (Phi) is 7.03. The molecule has 6 heteroatoms. The van der Waals surface area contributed by atoms with Crippen LogP contribution in [0.1, 0.15) is 5.56 Å². The summed E-state index contributed by atoms with van der Waals surface area (Å²) in [7, 11) is 0. The van der Waals surface area contributed by atoms with Gasteiger partial charge >= 0.3 is 0 Å². The number of aliphatic hydroxyl groups is 1.